The van der Waals surface area contributed by atoms with Crippen molar-refractivity contribution < 1.29 is 0 Å². The van der Waals surface area contributed by atoms with Crippen LogP contribution in [0.1, 0.15) is 11.1 Å². The van der Waals surface area contributed by atoms with Crippen LogP contribution in [0.2, 0.25) is 0 Å². The molecule has 0 aliphatic heterocycles. The van der Waals surface area contributed by atoms with Crippen LogP contribution in [-0.4, -0.2) is 40.6 Å². The Morgan fingerprint density at radius 3 is 1.32 bits per heavy atom. The van der Waals surface area contributed by atoms with Crippen LogP contribution < -0.4 is 9.80 Å². The molecule has 0 spiro atoms. The highest BCUT2D eigenvalue weighted by molar-refractivity contribution is 5.84. The maximum Gasteiger partial charge on any atom is 0.0651 e. The first-order chi connectivity index (χ1) is 13.5. The van der Waals surface area contributed by atoms with Crippen molar-refractivity contribution >= 4 is 35.2 Å². The van der Waals surface area contributed by atoms with E-state index in [0.717, 1.165) is 22.5 Å². The second-order valence-electron chi connectivity index (χ2n) is 7.01. The highest BCUT2D eigenvalue weighted by Crippen LogP contribution is 2.21. The van der Waals surface area contributed by atoms with Gasteiger partial charge >= 0.3 is 0 Å². The minimum Gasteiger partial charge on any atom is -0.378 e. The number of anilines is 2. The lowest BCUT2D eigenvalue weighted by atomic mass is 10.2. The zero-order valence-electron chi connectivity index (χ0n) is 16.9. The summed E-state index contributed by atoms with van der Waals surface area (Å²) in [6.45, 7) is 0. The molecule has 0 heterocycles. The molecule has 0 N–H and O–H groups in total. The molecule has 0 aromatic heterocycles. The van der Waals surface area contributed by atoms with Crippen LogP contribution in [0.3, 0.4) is 0 Å². The fraction of sp³-hybridized carbons (Fsp3) is 0.167. The van der Waals surface area contributed by atoms with Gasteiger partial charge in [0, 0.05) is 52.0 Å². The van der Waals surface area contributed by atoms with Crippen molar-refractivity contribution in [3.05, 3.63) is 83.9 Å². The van der Waals surface area contributed by atoms with Crippen molar-refractivity contribution in [2.45, 2.75) is 0 Å². The maximum atomic E-state index is 4.58. The van der Waals surface area contributed by atoms with Crippen molar-refractivity contribution in [1.29, 1.82) is 0 Å². The first kappa shape index (κ1) is 19.4. The minimum absolute atomic E-state index is 0.884. The zero-order chi connectivity index (χ0) is 19.9. The van der Waals surface area contributed by atoms with E-state index in [1.807, 2.05) is 64.9 Å². The number of rotatable bonds is 6. The molecule has 4 nitrogen and oxygen atoms in total. The summed E-state index contributed by atoms with van der Waals surface area (Å²) in [4.78, 5) is 13.3. The molecular formula is C24H26N4. The van der Waals surface area contributed by atoms with E-state index >= 15 is 0 Å². The summed E-state index contributed by atoms with van der Waals surface area (Å²) in [6, 6.07) is 24.5. The van der Waals surface area contributed by atoms with Crippen LogP contribution in [-0.2, 0) is 0 Å². The van der Waals surface area contributed by atoms with Crippen LogP contribution in [0.25, 0.3) is 0 Å². The molecule has 0 aliphatic carbocycles. The predicted octanol–water partition coefficient (Wildman–Crippen LogP) is 5.32. The average molecular weight is 371 g/mol. The van der Waals surface area contributed by atoms with Gasteiger partial charge in [-0.1, -0.05) is 30.3 Å². The summed E-state index contributed by atoms with van der Waals surface area (Å²) in [5, 5.41) is 0. The van der Waals surface area contributed by atoms with Gasteiger partial charge in [0.2, 0.25) is 0 Å². The summed E-state index contributed by atoms with van der Waals surface area (Å²) in [5.41, 5.74) is 6.25. The molecule has 0 saturated heterocycles. The van der Waals surface area contributed by atoms with Crippen LogP contribution in [0, 0.1) is 0 Å². The van der Waals surface area contributed by atoms with Crippen LogP contribution in [0.4, 0.5) is 22.7 Å². The molecule has 0 radical (unpaired) electrons. The van der Waals surface area contributed by atoms with Crippen molar-refractivity contribution in [3.63, 3.8) is 0 Å². The van der Waals surface area contributed by atoms with E-state index in [2.05, 4.69) is 68.3 Å². The quantitative estimate of drug-likeness (QED) is 0.550. The lowest BCUT2D eigenvalue weighted by Crippen LogP contribution is -2.08. The molecule has 0 amide bonds. The first-order valence-corrected chi connectivity index (χ1v) is 9.24. The SMILES string of the molecule is CN(C)c1ccc(C=Nc2cccc(N=Cc3ccc(N(C)C)cc3)c2)cc1. The standard InChI is InChI=1S/C24H26N4/c1-27(2)23-12-8-19(9-13-23)17-25-21-6-5-7-22(16-21)26-18-20-10-14-24(15-11-20)28(3)4/h5-18H,1-4H3. The van der Waals surface area contributed by atoms with Gasteiger partial charge in [-0.25, -0.2) is 0 Å². The van der Waals surface area contributed by atoms with Crippen molar-refractivity contribution in [2.24, 2.45) is 9.98 Å². The summed E-state index contributed by atoms with van der Waals surface area (Å²) >= 11 is 0. The second-order valence-corrected chi connectivity index (χ2v) is 7.01. The van der Waals surface area contributed by atoms with E-state index in [4.69, 9.17) is 0 Å². The van der Waals surface area contributed by atoms with Crippen molar-refractivity contribution in [3.8, 4) is 0 Å². The van der Waals surface area contributed by atoms with E-state index < -0.39 is 0 Å². The first-order valence-electron chi connectivity index (χ1n) is 9.24. The highest BCUT2D eigenvalue weighted by Gasteiger charge is 1.97. The Morgan fingerprint density at radius 2 is 0.964 bits per heavy atom. The number of aliphatic imine (C=N–C) groups is 2. The maximum absolute atomic E-state index is 4.58. The molecule has 3 aromatic carbocycles. The van der Waals surface area contributed by atoms with Gasteiger partial charge in [-0.15, -0.1) is 0 Å². The molecule has 0 bridgehead atoms. The Kier molecular flexibility index (Phi) is 6.22. The molecule has 0 saturated carbocycles. The summed E-state index contributed by atoms with van der Waals surface area (Å²) in [6.07, 6.45) is 3.75. The minimum atomic E-state index is 0.884. The summed E-state index contributed by atoms with van der Waals surface area (Å²) in [5.74, 6) is 0. The van der Waals surface area contributed by atoms with Gasteiger partial charge in [0.05, 0.1) is 11.4 Å². The normalized spacial score (nSPS) is 11.3. The lowest BCUT2D eigenvalue weighted by Gasteiger charge is -2.11. The third-order valence-electron chi connectivity index (χ3n) is 4.37. The number of hydrogen-bond acceptors (Lipinski definition) is 4. The van der Waals surface area contributed by atoms with Gasteiger partial charge in [-0.2, -0.15) is 0 Å². The zero-order valence-corrected chi connectivity index (χ0v) is 16.9. The van der Waals surface area contributed by atoms with Gasteiger partial charge in [0.15, 0.2) is 0 Å². The van der Waals surface area contributed by atoms with Crippen molar-refractivity contribution in [2.75, 3.05) is 38.0 Å². The van der Waals surface area contributed by atoms with Gasteiger partial charge in [0.25, 0.3) is 0 Å². The second kappa shape index (κ2) is 9.00. The molecular weight excluding hydrogens is 344 g/mol. The summed E-state index contributed by atoms with van der Waals surface area (Å²) < 4.78 is 0. The van der Waals surface area contributed by atoms with Gasteiger partial charge < -0.3 is 9.80 Å². The number of hydrogen-bond donors (Lipinski definition) is 0. The molecule has 0 atom stereocenters. The Bertz CT molecular complexity index is 876. The molecule has 28 heavy (non-hydrogen) atoms. The van der Waals surface area contributed by atoms with Gasteiger partial charge in [-0.05, 0) is 53.6 Å². The molecule has 0 aliphatic rings. The molecule has 4 heteroatoms. The van der Waals surface area contributed by atoms with Crippen LogP contribution in [0.5, 0.6) is 0 Å². The molecule has 142 valence electrons. The Labute approximate surface area is 167 Å². The summed E-state index contributed by atoms with van der Waals surface area (Å²) in [7, 11) is 8.13. The van der Waals surface area contributed by atoms with Crippen LogP contribution in [0.15, 0.2) is 82.8 Å². The molecule has 3 aromatic rings. The lowest BCUT2D eigenvalue weighted by molar-refractivity contribution is 1.13. The number of nitrogens with zero attached hydrogens (tertiary/aromatic N) is 4. The third kappa shape index (κ3) is 5.30. The Morgan fingerprint density at radius 1 is 0.571 bits per heavy atom. The highest BCUT2D eigenvalue weighted by atomic mass is 15.1. The predicted molar refractivity (Wildman–Crippen MR) is 122 cm³/mol. The number of benzene rings is 3. The molecule has 0 fully saturated rings. The van der Waals surface area contributed by atoms with E-state index in [0.29, 0.717) is 0 Å². The molecule has 3 rings (SSSR count). The van der Waals surface area contributed by atoms with E-state index in [1.54, 1.807) is 0 Å². The molecule has 0 unspecified atom stereocenters. The van der Waals surface area contributed by atoms with E-state index in [9.17, 15) is 0 Å². The monoisotopic (exact) mass is 370 g/mol. The topological polar surface area (TPSA) is 31.2 Å². The fourth-order valence-electron chi connectivity index (χ4n) is 2.67. The third-order valence-corrected chi connectivity index (χ3v) is 4.37. The fourth-order valence-corrected chi connectivity index (χ4v) is 2.67. The Hall–Kier alpha value is -3.40. The van der Waals surface area contributed by atoms with Gasteiger partial charge in [0.1, 0.15) is 0 Å². The Balaban J connectivity index is 1.69. The van der Waals surface area contributed by atoms with Crippen LogP contribution >= 0.6 is 0 Å². The smallest absolute Gasteiger partial charge is 0.0651 e. The van der Waals surface area contributed by atoms with Crippen molar-refractivity contribution in [1.82, 2.24) is 0 Å². The average Bonchev–Trinajstić information content (AvgIpc) is 2.71. The largest absolute Gasteiger partial charge is 0.378 e. The van der Waals surface area contributed by atoms with Gasteiger partial charge in [-0.3, -0.25) is 9.98 Å². The van der Waals surface area contributed by atoms with E-state index in [-0.39, 0.29) is 0 Å². The van der Waals surface area contributed by atoms with E-state index in [1.165, 1.54) is 11.4 Å².